The minimum Gasteiger partial charge on any atom is -0.493 e. The van der Waals surface area contributed by atoms with Gasteiger partial charge in [0, 0.05) is 19.0 Å². The van der Waals surface area contributed by atoms with Crippen molar-refractivity contribution >= 4 is 0 Å². The van der Waals surface area contributed by atoms with Crippen molar-refractivity contribution in [3.63, 3.8) is 0 Å². The molecular weight excluding hydrogens is 228 g/mol. The molecule has 0 aliphatic rings. The molecule has 0 amide bonds. The molecule has 1 aromatic carbocycles. The van der Waals surface area contributed by atoms with Crippen molar-refractivity contribution in [2.24, 2.45) is 5.73 Å². The summed E-state index contributed by atoms with van der Waals surface area (Å²) in [5.74, 6) is -1.47. The molecule has 2 N–H and O–H groups in total. The second kappa shape index (κ2) is 7.19. The van der Waals surface area contributed by atoms with Crippen LogP contribution in [0.1, 0.15) is 13.3 Å². The van der Waals surface area contributed by atoms with Gasteiger partial charge in [0.1, 0.15) is 5.75 Å². The standard InChI is InChI=1S/C12H17F2NO2/c1-9(8-15)16-5-2-6-17-10-3-4-11(13)12(14)7-10/h3-4,7,9H,2,5-6,8,15H2,1H3. The van der Waals surface area contributed by atoms with E-state index in [1.54, 1.807) is 0 Å². The number of ether oxygens (including phenoxy) is 2. The lowest BCUT2D eigenvalue weighted by Crippen LogP contribution is -2.21. The van der Waals surface area contributed by atoms with Crippen molar-refractivity contribution in [1.82, 2.24) is 0 Å². The van der Waals surface area contributed by atoms with Crippen molar-refractivity contribution in [2.45, 2.75) is 19.4 Å². The van der Waals surface area contributed by atoms with E-state index in [0.717, 1.165) is 12.1 Å². The van der Waals surface area contributed by atoms with E-state index in [2.05, 4.69) is 0 Å². The second-order valence-corrected chi connectivity index (χ2v) is 3.70. The van der Waals surface area contributed by atoms with Crippen LogP contribution < -0.4 is 10.5 Å². The summed E-state index contributed by atoms with van der Waals surface area (Å²) >= 11 is 0. The second-order valence-electron chi connectivity index (χ2n) is 3.70. The van der Waals surface area contributed by atoms with Crippen LogP contribution in [0.4, 0.5) is 8.78 Å². The quantitative estimate of drug-likeness (QED) is 0.748. The zero-order chi connectivity index (χ0) is 12.7. The predicted octanol–water partition coefficient (Wildman–Crippen LogP) is 2.10. The monoisotopic (exact) mass is 245 g/mol. The highest BCUT2D eigenvalue weighted by atomic mass is 19.2. The van der Waals surface area contributed by atoms with Crippen molar-refractivity contribution < 1.29 is 18.3 Å². The van der Waals surface area contributed by atoms with Crippen molar-refractivity contribution in [3.05, 3.63) is 29.8 Å². The number of hydrogen-bond acceptors (Lipinski definition) is 3. The topological polar surface area (TPSA) is 44.5 Å². The molecule has 0 aliphatic heterocycles. The van der Waals surface area contributed by atoms with E-state index in [0.29, 0.717) is 31.9 Å². The van der Waals surface area contributed by atoms with Crippen LogP contribution in [-0.2, 0) is 4.74 Å². The van der Waals surface area contributed by atoms with Crippen molar-refractivity contribution in [2.75, 3.05) is 19.8 Å². The van der Waals surface area contributed by atoms with Gasteiger partial charge >= 0.3 is 0 Å². The summed E-state index contributed by atoms with van der Waals surface area (Å²) in [6.45, 7) is 3.28. The highest BCUT2D eigenvalue weighted by Crippen LogP contribution is 2.15. The van der Waals surface area contributed by atoms with E-state index in [1.165, 1.54) is 6.07 Å². The minimum absolute atomic E-state index is 0.0262. The van der Waals surface area contributed by atoms with Gasteiger partial charge in [-0.15, -0.1) is 0 Å². The zero-order valence-electron chi connectivity index (χ0n) is 9.79. The van der Waals surface area contributed by atoms with Crippen LogP contribution in [-0.4, -0.2) is 25.9 Å². The summed E-state index contributed by atoms with van der Waals surface area (Å²) in [4.78, 5) is 0. The molecular formula is C12H17F2NO2. The van der Waals surface area contributed by atoms with Crippen LogP contribution in [0, 0.1) is 11.6 Å². The first-order valence-corrected chi connectivity index (χ1v) is 5.53. The molecule has 0 aromatic heterocycles. The summed E-state index contributed by atoms with van der Waals surface area (Å²) in [5.41, 5.74) is 5.38. The van der Waals surface area contributed by atoms with Gasteiger partial charge in [-0.2, -0.15) is 0 Å². The van der Waals surface area contributed by atoms with Crippen LogP contribution in [0.2, 0.25) is 0 Å². The lowest BCUT2D eigenvalue weighted by molar-refractivity contribution is 0.0630. The lowest BCUT2D eigenvalue weighted by atomic mass is 10.3. The maximum absolute atomic E-state index is 12.8. The molecule has 1 unspecified atom stereocenters. The lowest BCUT2D eigenvalue weighted by Gasteiger charge is -2.10. The molecule has 5 heteroatoms. The average molecular weight is 245 g/mol. The van der Waals surface area contributed by atoms with Crippen LogP contribution in [0.5, 0.6) is 5.75 Å². The Labute approximate surface area is 99.5 Å². The molecule has 0 radical (unpaired) electrons. The van der Waals surface area contributed by atoms with Gasteiger partial charge in [0.15, 0.2) is 11.6 Å². The Kier molecular flexibility index (Phi) is 5.86. The fraction of sp³-hybridized carbons (Fsp3) is 0.500. The van der Waals surface area contributed by atoms with Gasteiger partial charge in [0.05, 0.1) is 19.3 Å². The molecule has 0 fully saturated rings. The Balaban J connectivity index is 2.20. The molecule has 0 saturated carbocycles. The van der Waals surface area contributed by atoms with Gasteiger partial charge < -0.3 is 15.2 Å². The molecule has 1 atom stereocenters. The Morgan fingerprint density at radius 1 is 1.24 bits per heavy atom. The van der Waals surface area contributed by atoms with E-state index in [-0.39, 0.29) is 6.10 Å². The number of benzene rings is 1. The molecule has 0 saturated heterocycles. The van der Waals surface area contributed by atoms with Gasteiger partial charge in [-0.25, -0.2) is 8.78 Å². The molecule has 0 aliphatic carbocycles. The smallest absolute Gasteiger partial charge is 0.162 e. The highest BCUT2D eigenvalue weighted by molar-refractivity contribution is 5.23. The third kappa shape index (κ3) is 5.10. The van der Waals surface area contributed by atoms with Crippen molar-refractivity contribution in [3.8, 4) is 5.75 Å². The first-order chi connectivity index (χ1) is 8.13. The van der Waals surface area contributed by atoms with Crippen LogP contribution in [0.3, 0.4) is 0 Å². The Morgan fingerprint density at radius 3 is 2.65 bits per heavy atom. The fourth-order valence-electron chi connectivity index (χ4n) is 1.17. The number of nitrogens with two attached hydrogens (primary N) is 1. The summed E-state index contributed by atoms with van der Waals surface area (Å²) in [6, 6.07) is 3.46. The first kappa shape index (κ1) is 13.9. The predicted molar refractivity (Wildman–Crippen MR) is 60.9 cm³/mol. The number of rotatable bonds is 7. The SMILES string of the molecule is CC(CN)OCCCOc1ccc(F)c(F)c1. The fourth-order valence-corrected chi connectivity index (χ4v) is 1.17. The average Bonchev–Trinajstić information content (AvgIpc) is 2.33. The molecule has 3 nitrogen and oxygen atoms in total. The van der Waals surface area contributed by atoms with Gasteiger partial charge in [0.2, 0.25) is 0 Å². The van der Waals surface area contributed by atoms with E-state index >= 15 is 0 Å². The number of hydrogen-bond donors (Lipinski definition) is 1. The summed E-state index contributed by atoms with van der Waals surface area (Å²) in [6.07, 6.45) is 0.696. The normalized spacial score (nSPS) is 12.5. The maximum atomic E-state index is 12.8. The molecule has 0 spiro atoms. The zero-order valence-corrected chi connectivity index (χ0v) is 9.79. The van der Waals surface area contributed by atoms with Crippen molar-refractivity contribution in [1.29, 1.82) is 0 Å². The Morgan fingerprint density at radius 2 is 2.00 bits per heavy atom. The molecule has 0 bridgehead atoms. The van der Waals surface area contributed by atoms with Crippen LogP contribution in [0.15, 0.2) is 18.2 Å². The van der Waals surface area contributed by atoms with E-state index in [9.17, 15) is 8.78 Å². The highest BCUT2D eigenvalue weighted by Gasteiger charge is 2.03. The molecule has 17 heavy (non-hydrogen) atoms. The first-order valence-electron chi connectivity index (χ1n) is 5.53. The summed E-state index contributed by atoms with van der Waals surface area (Å²) in [5, 5.41) is 0. The van der Waals surface area contributed by atoms with Gasteiger partial charge in [-0.1, -0.05) is 0 Å². The maximum Gasteiger partial charge on any atom is 0.162 e. The van der Waals surface area contributed by atoms with Gasteiger partial charge in [-0.05, 0) is 19.1 Å². The minimum atomic E-state index is -0.907. The van der Waals surface area contributed by atoms with E-state index in [1.807, 2.05) is 6.92 Å². The molecule has 1 rings (SSSR count). The van der Waals surface area contributed by atoms with Gasteiger partial charge in [-0.3, -0.25) is 0 Å². The number of halogens is 2. The molecule has 1 aromatic rings. The third-order valence-electron chi connectivity index (χ3n) is 2.18. The summed E-state index contributed by atoms with van der Waals surface area (Å²) in [7, 11) is 0. The Hall–Kier alpha value is -1.20. The van der Waals surface area contributed by atoms with E-state index in [4.69, 9.17) is 15.2 Å². The molecule has 0 heterocycles. The third-order valence-corrected chi connectivity index (χ3v) is 2.18. The van der Waals surface area contributed by atoms with Crippen LogP contribution in [0.25, 0.3) is 0 Å². The van der Waals surface area contributed by atoms with Crippen LogP contribution >= 0.6 is 0 Å². The largest absolute Gasteiger partial charge is 0.493 e. The molecule has 96 valence electrons. The summed E-state index contributed by atoms with van der Waals surface area (Å²) < 4.78 is 36.0. The van der Waals surface area contributed by atoms with E-state index < -0.39 is 11.6 Å². The van der Waals surface area contributed by atoms with Gasteiger partial charge in [0.25, 0.3) is 0 Å². The Bertz CT molecular complexity index is 347.